The van der Waals surface area contributed by atoms with Gasteiger partial charge in [0.2, 0.25) is 5.91 Å². The summed E-state index contributed by atoms with van der Waals surface area (Å²) < 4.78 is 36.0. The number of aromatic nitrogens is 4. The van der Waals surface area contributed by atoms with E-state index in [-0.39, 0.29) is 16.6 Å². The minimum atomic E-state index is -3.91. The van der Waals surface area contributed by atoms with E-state index < -0.39 is 10.0 Å². The van der Waals surface area contributed by atoms with Crippen molar-refractivity contribution in [2.24, 2.45) is 0 Å². The van der Waals surface area contributed by atoms with Gasteiger partial charge in [0, 0.05) is 28.5 Å². The number of anilines is 1. The van der Waals surface area contributed by atoms with E-state index in [1.165, 1.54) is 15.7 Å². The molecule has 0 atom stereocenters. The number of hydrogen-bond donors (Lipinski definition) is 1. The Morgan fingerprint density at radius 3 is 2.36 bits per heavy atom. The molecule has 1 N–H and O–H groups in total. The number of hydrogen-bond acceptors (Lipinski definition) is 7. The van der Waals surface area contributed by atoms with Gasteiger partial charge < -0.3 is 10.1 Å². The number of fused-ring (bicyclic) bond motifs is 1. The largest absolute Gasteiger partial charge is 0.497 e. The lowest BCUT2D eigenvalue weighted by Gasteiger charge is -2.12. The van der Waals surface area contributed by atoms with Crippen molar-refractivity contribution in [2.75, 3.05) is 18.2 Å². The molecule has 0 saturated carbocycles. The van der Waals surface area contributed by atoms with Gasteiger partial charge in [-0.15, -0.1) is 10.2 Å². The van der Waals surface area contributed by atoms with Crippen LogP contribution < -0.4 is 10.1 Å². The third-order valence-corrected chi connectivity index (χ3v) is 10.0. The molecule has 1 amide bonds. The molecule has 4 aromatic carbocycles. The van der Waals surface area contributed by atoms with Crippen LogP contribution in [0.25, 0.3) is 28.0 Å². The lowest BCUT2D eigenvalue weighted by Crippen LogP contribution is -2.15. The fourth-order valence-corrected chi connectivity index (χ4v) is 7.08. The number of nitrogens with zero attached hydrogens (tertiary/aromatic N) is 4. The minimum Gasteiger partial charge on any atom is -0.497 e. The molecule has 0 aliphatic heterocycles. The summed E-state index contributed by atoms with van der Waals surface area (Å²) in [6, 6.07) is 28.7. The quantitative estimate of drug-likeness (QED) is 0.184. The number of rotatable bonds is 9. The highest BCUT2D eigenvalue weighted by Crippen LogP contribution is 2.36. The third-order valence-electron chi connectivity index (χ3n) is 7.39. The van der Waals surface area contributed by atoms with Crippen LogP contribution in [0.4, 0.5) is 5.69 Å². The molecule has 0 saturated heterocycles. The number of carbonyl (C=O) groups excluding carboxylic acids is 1. The highest BCUT2D eigenvalue weighted by atomic mass is 32.2. The van der Waals surface area contributed by atoms with Gasteiger partial charge in [-0.1, -0.05) is 60.3 Å². The Morgan fingerprint density at radius 2 is 1.61 bits per heavy atom. The Balaban J connectivity index is 1.43. The molecule has 6 rings (SSSR count). The Kier molecular flexibility index (Phi) is 7.98. The molecule has 0 unspecified atom stereocenters. The predicted octanol–water partition coefficient (Wildman–Crippen LogP) is 6.48. The second kappa shape index (κ2) is 12.0. The molecule has 0 spiro atoms. The first kappa shape index (κ1) is 29.2. The lowest BCUT2D eigenvalue weighted by molar-refractivity contribution is -0.113. The topological polar surface area (TPSA) is 108 Å². The van der Waals surface area contributed by atoms with Crippen LogP contribution >= 0.6 is 11.8 Å². The highest BCUT2D eigenvalue weighted by Gasteiger charge is 2.25. The van der Waals surface area contributed by atoms with E-state index >= 15 is 0 Å². The summed E-state index contributed by atoms with van der Waals surface area (Å²) in [7, 11) is -2.31. The van der Waals surface area contributed by atoms with Crippen molar-refractivity contribution in [3.63, 3.8) is 0 Å². The number of nitrogens with one attached hydrogen (secondary N) is 1. The molecule has 2 heterocycles. The van der Waals surface area contributed by atoms with Crippen molar-refractivity contribution in [3.05, 3.63) is 114 Å². The maximum absolute atomic E-state index is 13.8. The van der Waals surface area contributed by atoms with Gasteiger partial charge in [-0.25, -0.2) is 12.4 Å². The molecule has 0 aliphatic carbocycles. The van der Waals surface area contributed by atoms with Crippen molar-refractivity contribution < 1.29 is 17.9 Å². The summed E-state index contributed by atoms with van der Waals surface area (Å²) in [4.78, 5) is 13.2. The number of thioether (sulfide) groups is 1. The molecule has 222 valence electrons. The fraction of sp³-hybridized carbons (Fsp3) is 0.121. The number of carbonyl (C=O) groups is 1. The number of benzene rings is 4. The maximum Gasteiger partial charge on any atom is 0.268 e. The zero-order valence-corrected chi connectivity index (χ0v) is 25.9. The summed E-state index contributed by atoms with van der Waals surface area (Å²) in [5, 5.41) is 13.2. The summed E-state index contributed by atoms with van der Waals surface area (Å²) in [6.45, 7) is 3.97. The van der Waals surface area contributed by atoms with Crippen LogP contribution in [-0.4, -0.2) is 45.9 Å². The van der Waals surface area contributed by atoms with Gasteiger partial charge in [0.1, 0.15) is 5.75 Å². The number of amides is 1. The van der Waals surface area contributed by atoms with Gasteiger partial charge in [0.15, 0.2) is 11.0 Å². The molecule has 0 radical (unpaired) electrons. The molecule has 11 heteroatoms. The van der Waals surface area contributed by atoms with Gasteiger partial charge in [-0.2, -0.15) is 0 Å². The first-order valence-electron chi connectivity index (χ1n) is 13.8. The van der Waals surface area contributed by atoms with Crippen molar-refractivity contribution in [2.45, 2.75) is 23.9 Å². The summed E-state index contributed by atoms with van der Waals surface area (Å²) in [6.07, 6.45) is 1.58. The Hall–Kier alpha value is -4.87. The van der Waals surface area contributed by atoms with Gasteiger partial charge in [-0.3, -0.25) is 9.36 Å². The van der Waals surface area contributed by atoms with Crippen LogP contribution in [0.1, 0.15) is 11.1 Å². The van der Waals surface area contributed by atoms with Gasteiger partial charge in [-0.05, 0) is 73.5 Å². The SMILES string of the molecule is COc1ccc(-n2c(SCC(=O)Nc3cccc(C)c3C)nnc2-c2cn(S(=O)(=O)c3ccccc3)c3ccccc23)cc1. The summed E-state index contributed by atoms with van der Waals surface area (Å²) in [5.41, 5.74) is 4.68. The van der Waals surface area contributed by atoms with E-state index in [1.54, 1.807) is 55.8 Å². The van der Waals surface area contributed by atoms with E-state index in [0.717, 1.165) is 22.5 Å². The van der Waals surface area contributed by atoms with Crippen molar-refractivity contribution >= 4 is 44.3 Å². The van der Waals surface area contributed by atoms with Crippen LogP contribution in [0.2, 0.25) is 0 Å². The Bertz CT molecular complexity index is 2090. The zero-order valence-electron chi connectivity index (χ0n) is 24.3. The Labute approximate surface area is 259 Å². The van der Waals surface area contributed by atoms with Gasteiger partial charge in [0.05, 0.1) is 23.3 Å². The van der Waals surface area contributed by atoms with Crippen LogP contribution in [0.5, 0.6) is 5.75 Å². The first-order valence-corrected chi connectivity index (χ1v) is 16.2. The van der Waals surface area contributed by atoms with Crippen LogP contribution in [0, 0.1) is 13.8 Å². The van der Waals surface area contributed by atoms with Gasteiger partial charge >= 0.3 is 0 Å². The van der Waals surface area contributed by atoms with Crippen LogP contribution in [0.15, 0.2) is 113 Å². The number of methoxy groups -OCH3 is 1. The third kappa shape index (κ3) is 5.47. The monoisotopic (exact) mass is 623 g/mol. The number of para-hydroxylation sites is 1. The molecule has 0 aliphatic rings. The fourth-order valence-electron chi connectivity index (χ4n) is 4.94. The second-order valence-corrected chi connectivity index (χ2v) is 12.9. The van der Waals surface area contributed by atoms with E-state index in [2.05, 4.69) is 15.5 Å². The van der Waals surface area contributed by atoms with E-state index in [9.17, 15) is 13.2 Å². The predicted molar refractivity (Wildman–Crippen MR) is 173 cm³/mol. The molecular weight excluding hydrogens is 595 g/mol. The maximum atomic E-state index is 13.8. The van der Waals surface area contributed by atoms with Crippen molar-refractivity contribution in [3.8, 4) is 22.8 Å². The van der Waals surface area contributed by atoms with Gasteiger partial charge in [0.25, 0.3) is 10.0 Å². The van der Waals surface area contributed by atoms with Crippen LogP contribution in [0.3, 0.4) is 0 Å². The van der Waals surface area contributed by atoms with Crippen molar-refractivity contribution in [1.29, 1.82) is 0 Å². The second-order valence-electron chi connectivity index (χ2n) is 10.1. The van der Waals surface area contributed by atoms with E-state index in [0.29, 0.717) is 33.2 Å². The standard InChI is InChI=1S/C33H29N5O4S2/c1-22-10-9-14-29(23(22)2)34-31(39)21-43-33-36-35-32(38(33)24-16-18-25(42-3)19-17-24)28-20-37(30-15-8-7-13-27(28)30)44(40,41)26-11-5-4-6-12-26/h4-20H,21H2,1-3H3,(H,34,39). The average Bonchev–Trinajstić information content (AvgIpc) is 3.65. The number of aryl methyl sites for hydroxylation is 1. The normalized spacial score (nSPS) is 11.5. The van der Waals surface area contributed by atoms with Crippen LogP contribution in [-0.2, 0) is 14.8 Å². The highest BCUT2D eigenvalue weighted by molar-refractivity contribution is 7.99. The zero-order chi connectivity index (χ0) is 30.8. The molecule has 44 heavy (non-hydrogen) atoms. The Morgan fingerprint density at radius 1 is 0.886 bits per heavy atom. The molecule has 6 aromatic rings. The molecule has 0 fully saturated rings. The molecule has 2 aromatic heterocycles. The summed E-state index contributed by atoms with van der Waals surface area (Å²) >= 11 is 1.24. The lowest BCUT2D eigenvalue weighted by atomic mass is 10.1. The number of ether oxygens (including phenoxy) is 1. The molecule has 9 nitrogen and oxygen atoms in total. The minimum absolute atomic E-state index is 0.0891. The first-order chi connectivity index (χ1) is 21.3. The van der Waals surface area contributed by atoms with E-state index in [4.69, 9.17) is 4.74 Å². The van der Waals surface area contributed by atoms with Crippen molar-refractivity contribution in [1.82, 2.24) is 18.7 Å². The van der Waals surface area contributed by atoms with E-state index in [1.807, 2.05) is 73.0 Å². The summed E-state index contributed by atoms with van der Waals surface area (Å²) in [5.74, 6) is 1.02. The molecule has 0 bridgehead atoms. The molecular formula is C33H29N5O4S2. The average molecular weight is 624 g/mol. The smallest absolute Gasteiger partial charge is 0.268 e.